The molecule has 0 aliphatic carbocycles. The summed E-state index contributed by atoms with van der Waals surface area (Å²) in [6.45, 7) is -0.0167. The van der Waals surface area contributed by atoms with Gasteiger partial charge in [0.25, 0.3) is 0 Å². The van der Waals surface area contributed by atoms with Gasteiger partial charge in [-0.3, -0.25) is 9.69 Å². The summed E-state index contributed by atoms with van der Waals surface area (Å²) >= 11 is 3.40. The summed E-state index contributed by atoms with van der Waals surface area (Å²) in [5, 5.41) is 5.01. The number of amides is 1. The Bertz CT molecular complexity index is 840. The largest absolute Gasteiger partial charge is 0.279 e. The zero-order valence-corrected chi connectivity index (χ0v) is 13.1. The highest BCUT2D eigenvalue weighted by Gasteiger charge is 2.38. The smallest absolute Gasteiger partial charge is 0.232 e. The van der Waals surface area contributed by atoms with Crippen molar-refractivity contribution in [1.29, 1.82) is 0 Å². The highest BCUT2D eigenvalue weighted by Crippen LogP contribution is 2.26. The van der Waals surface area contributed by atoms with Gasteiger partial charge >= 0.3 is 0 Å². The molecule has 2 N–H and O–H groups in total. The molecule has 0 saturated carbocycles. The van der Waals surface area contributed by atoms with Crippen LogP contribution < -0.4 is 10.0 Å². The summed E-state index contributed by atoms with van der Waals surface area (Å²) in [6.07, 6.45) is 1.46. The van der Waals surface area contributed by atoms with E-state index in [4.69, 9.17) is 5.14 Å². The predicted octanol–water partition coefficient (Wildman–Crippen LogP) is 0.786. The number of hydrogen-bond donors (Lipinski definition) is 1. The van der Waals surface area contributed by atoms with E-state index in [9.17, 15) is 13.2 Å². The van der Waals surface area contributed by atoms with Gasteiger partial charge in [-0.2, -0.15) is 0 Å². The average molecular weight is 371 g/mol. The Morgan fingerprint density at radius 2 is 2.14 bits per heavy atom. The van der Waals surface area contributed by atoms with Crippen LogP contribution >= 0.6 is 15.9 Å². The number of anilines is 1. The monoisotopic (exact) mass is 370 g/mol. The first-order valence-corrected chi connectivity index (χ1v) is 8.50. The van der Waals surface area contributed by atoms with Gasteiger partial charge in [-0.15, -0.1) is 0 Å². The first kappa shape index (κ1) is 14.4. The van der Waals surface area contributed by atoms with Crippen LogP contribution in [0, 0.1) is 0 Å². The van der Waals surface area contributed by atoms with Crippen LogP contribution in [0.5, 0.6) is 0 Å². The minimum atomic E-state index is -3.75. The summed E-state index contributed by atoms with van der Waals surface area (Å²) in [7, 11) is -3.75. The number of hydrogen-bond acceptors (Lipinski definition) is 5. The molecule has 0 bridgehead atoms. The van der Waals surface area contributed by atoms with Crippen LogP contribution in [0.15, 0.2) is 28.9 Å². The number of nitrogens with two attached hydrogens (primary N) is 1. The highest BCUT2D eigenvalue weighted by atomic mass is 79.9. The SMILES string of the molecule is NS(=O)(=O)C1CC(=O)N(c2ncc3c(Br)cccc3n2)C1. The Labute approximate surface area is 129 Å². The van der Waals surface area contributed by atoms with Crippen molar-refractivity contribution in [2.45, 2.75) is 11.7 Å². The fraction of sp³-hybridized carbons (Fsp3) is 0.250. The average Bonchev–Trinajstić information content (AvgIpc) is 2.81. The van der Waals surface area contributed by atoms with Crippen molar-refractivity contribution < 1.29 is 13.2 Å². The van der Waals surface area contributed by atoms with E-state index in [0.717, 1.165) is 9.86 Å². The predicted molar refractivity (Wildman–Crippen MR) is 81.1 cm³/mol. The second kappa shape index (κ2) is 5.00. The lowest BCUT2D eigenvalue weighted by Gasteiger charge is -2.14. The van der Waals surface area contributed by atoms with Gasteiger partial charge in [0.2, 0.25) is 21.9 Å². The van der Waals surface area contributed by atoms with Crippen LogP contribution in [-0.4, -0.2) is 36.1 Å². The fourth-order valence-corrected chi connectivity index (χ4v) is 3.42. The second-order valence-corrected chi connectivity index (χ2v) is 7.46. The van der Waals surface area contributed by atoms with Gasteiger partial charge < -0.3 is 0 Å². The van der Waals surface area contributed by atoms with Gasteiger partial charge in [0.15, 0.2) is 0 Å². The standard InChI is InChI=1S/C12H11BrN4O3S/c13-9-2-1-3-10-8(9)5-15-12(16-10)17-6-7(4-11(17)18)21(14,19)20/h1-3,5,7H,4,6H2,(H2,14,19,20). The molecule has 110 valence electrons. The molecule has 1 aromatic heterocycles. The molecule has 9 heteroatoms. The molecule has 1 aliphatic heterocycles. The quantitative estimate of drug-likeness (QED) is 0.840. The molecule has 21 heavy (non-hydrogen) atoms. The number of carbonyl (C=O) groups excluding carboxylic acids is 1. The third-order valence-corrected chi connectivity index (χ3v) is 5.29. The molecular weight excluding hydrogens is 360 g/mol. The number of benzene rings is 1. The van der Waals surface area contributed by atoms with Crippen LogP contribution in [0.4, 0.5) is 5.95 Å². The van der Waals surface area contributed by atoms with Gasteiger partial charge in [-0.1, -0.05) is 22.0 Å². The maximum atomic E-state index is 12.0. The van der Waals surface area contributed by atoms with Gasteiger partial charge in [0, 0.05) is 29.0 Å². The van der Waals surface area contributed by atoms with Crippen molar-refractivity contribution in [2.75, 3.05) is 11.4 Å². The topological polar surface area (TPSA) is 106 Å². The summed E-state index contributed by atoms with van der Waals surface area (Å²) < 4.78 is 23.6. The molecule has 7 nitrogen and oxygen atoms in total. The number of fused-ring (bicyclic) bond motifs is 1. The normalized spacial score (nSPS) is 19.4. The molecule has 1 atom stereocenters. The lowest BCUT2D eigenvalue weighted by molar-refractivity contribution is -0.117. The molecule has 0 radical (unpaired) electrons. The number of sulfonamides is 1. The summed E-state index contributed by atoms with van der Waals surface area (Å²) in [5.41, 5.74) is 0.668. The molecule has 2 heterocycles. The van der Waals surface area contributed by atoms with E-state index in [1.807, 2.05) is 12.1 Å². The minimum absolute atomic E-state index is 0.0167. The Morgan fingerprint density at radius 3 is 2.81 bits per heavy atom. The van der Waals surface area contributed by atoms with Crippen molar-refractivity contribution in [3.63, 3.8) is 0 Å². The molecule has 1 aliphatic rings. The zero-order valence-electron chi connectivity index (χ0n) is 10.7. The van der Waals surface area contributed by atoms with Crippen LogP contribution in [0.3, 0.4) is 0 Å². The number of halogens is 1. The summed E-state index contributed by atoms with van der Waals surface area (Å²) in [4.78, 5) is 21.7. The minimum Gasteiger partial charge on any atom is -0.279 e. The van der Waals surface area contributed by atoms with Gasteiger partial charge in [-0.25, -0.2) is 23.5 Å². The maximum Gasteiger partial charge on any atom is 0.232 e. The lowest BCUT2D eigenvalue weighted by Crippen LogP contribution is -2.32. The van der Waals surface area contributed by atoms with Crippen molar-refractivity contribution in [1.82, 2.24) is 9.97 Å². The van der Waals surface area contributed by atoms with E-state index >= 15 is 0 Å². The Kier molecular flexibility index (Phi) is 3.42. The van der Waals surface area contributed by atoms with Crippen LogP contribution in [0.25, 0.3) is 10.9 Å². The second-order valence-electron chi connectivity index (χ2n) is 4.76. The molecule has 1 unspecified atom stereocenters. The molecular formula is C12H11BrN4O3S. The van der Waals surface area contributed by atoms with Gasteiger partial charge in [-0.05, 0) is 12.1 Å². The third kappa shape index (κ3) is 2.63. The van der Waals surface area contributed by atoms with Gasteiger partial charge in [0.05, 0.1) is 5.52 Å². The molecule has 3 rings (SSSR count). The Morgan fingerprint density at radius 1 is 1.38 bits per heavy atom. The molecule has 1 fully saturated rings. The van der Waals surface area contributed by atoms with E-state index in [1.165, 1.54) is 4.90 Å². The van der Waals surface area contributed by atoms with E-state index in [1.54, 1.807) is 12.3 Å². The first-order chi connectivity index (χ1) is 9.86. The van der Waals surface area contributed by atoms with Crippen molar-refractivity contribution >= 4 is 48.7 Å². The van der Waals surface area contributed by atoms with Crippen LogP contribution in [0.2, 0.25) is 0 Å². The molecule has 1 amide bonds. The lowest BCUT2D eigenvalue weighted by atomic mass is 10.2. The van der Waals surface area contributed by atoms with E-state index in [2.05, 4.69) is 25.9 Å². The Balaban J connectivity index is 2.00. The first-order valence-electron chi connectivity index (χ1n) is 6.09. The van der Waals surface area contributed by atoms with Crippen LogP contribution in [0.1, 0.15) is 6.42 Å². The number of nitrogens with zero attached hydrogens (tertiary/aromatic N) is 3. The van der Waals surface area contributed by atoms with E-state index < -0.39 is 15.3 Å². The summed E-state index contributed by atoms with van der Waals surface area (Å²) in [5.74, 6) is -0.153. The number of primary sulfonamides is 1. The van der Waals surface area contributed by atoms with Crippen LogP contribution in [-0.2, 0) is 14.8 Å². The van der Waals surface area contributed by atoms with E-state index in [-0.39, 0.29) is 24.8 Å². The molecule has 1 saturated heterocycles. The number of rotatable bonds is 2. The van der Waals surface area contributed by atoms with Crippen molar-refractivity contribution in [2.24, 2.45) is 5.14 Å². The molecule has 1 aromatic carbocycles. The summed E-state index contributed by atoms with van der Waals surface area (Å²) in [6, 6.07) is 5.48. The highest BCUT2D eigenvalue weighted by molar-refractivity contribution is 9.10. The number of carbonyl (C=O) groups is 1. The van der Waals surface area contributed by atoms with Crippen molar-refractivity contribution in [3.8, 4) is 0 Å². The molecule has 2 aromatic rings. The van der Waals surface area contributed by atoms with Gasteiger partial charge in [0.1, 0.15) is 5.25 Å². The zero-order chi connectivity index (χ0) is 15.2. The van der Waals surface area contributed by atoms with E-state index in [0.29, 0.717) is 5.52 Å². The number of aromatic nitrogens is 2. The fourth-order valence-electron chi connectivity index (χ4n) is 2.23. The van der Waals surface area contributed by atoms with Crippen molar-refractivity contribution in [3.05, 3.63) is 28.9 Å². The Hall–Kier alpha value is -1.58. The molecule has 0 spiro atoms. The maximum absolute atomic E-state index is 12.0. The third-order valence-electron chi connectivity index (χ3n) is 3.36.